The maximum atomic E-state index is 12.8. The summed E-state index contributed by atoms with van der Waals surface area (Å²) in [5.41, 5.74) is 0.883. The van der Waals surface area contributed by atoms with Gasteiger partial charge in [0.2, 0.25) is 0 Å². The molecule has 166 valence electrons. The van der Waals surface area contributed by atoms with E-state index in [-0.39, 0.29) is 38.4 Å². The summed E-state index contributed by atoms with van der Waals surface area (Å²) in [5.74, 6) is -1.14. The molecular formula is C22H18Cl2N2O5S. The maximum absolute atomic E-state index is 12.8. The zero-order valence-electron chi connectivity index (χ0n) is 16.8. The lowest BCUT2D eigenvalue weighted by Gasteiger charge is -2.12. The molecule has 0 aromatic heterocycles. The fourth-order valence-corrected chi connectivity index (χ4v) is 4.53. The zero-order valence-corrected chi connectivity index (χ0v) is 19.1. The van der Waals surface area contributed by atoms with E-state index in [0.717, 1.165) is 0 Å². The lowest BCUT2D eigenvalue weighted by molar-refractivity contribution is 0.0526. The first-order chi connectivity index (χ1) is 15.2. The van der Waals surface area contributed by atoms with E-state index in [4.69, 9.17) is 27.9 Å². The number of hydrogen-bond acceptors (Lipinski definition) is 5. The van der Waals surface area contributed by atoms with Crippen LogP contribution in [0.15, 0.2) is 71.6 Å². The van der Waals surface area contributed by atoms with Gasteiger partial charge >= 0.3 is 5.97 Å². The van der Waals surface area contributed by atoms with E-state index >= 15 is 0 Å². The molecule has 0 saturated heterocycles. The molecule has 0 aliphatic rings. The van der Waals surface area contributed by atoms with Gasteiger partial charge in [0.05, 0.1) is 27.9 Å². The Morgan fingerprint density at radius 3 is 2.25 bits per heavy atom. The van der Waals surface area contributed by atoms with Gasteiger partial charge in [-0.15, -0.1) is 0 Å². The summed E-state index contributed by atoms with van der Waals surface area (Å²) in [4.78, 5) is 24.3. The quantitative estimate of drug-likeness (QED) is 0.440. The van der Waals surface area contributed by atoms with E-state index < -0.39 is 21.9 Å². The Balaban J connectivity index is 1.83. The Morgan fingerprint density at radius 2 is 1.59 bits per heavy atom. The van der Waals surface area contributed by atoms with Crippen molar-refractivity contribution in [2.45, 2.75) is 11.8 Å². The first kappa shape index (κ1) is 23.6. The van der Waals surface area contributed by atoms with Crippen LogP contribution in [0.25, 0.3) is 0 Å². The monoisotopic (exact) mass is 492 g/mol. The van der Waals surface area contributed by atoms with E-state index in [0.29, 0.717) is 5.69 Å². The number of ether oxygens (including phenoxy) is 1. The lowest BCUT2D eigenvalue weighted by Crippen LogP contribution is -2.16. The van der Waals surface area contributed by atoms with Crippen molar-refractivity contribution in [3.63, 3.8) is 0 Å². The number of anilines is 2. The molecule has 3 aromatic rings. The number of nitrogens with one attached hydrogen (secondary N) is 2. The van der Waals surface area contributed by atoms with Crippen molar-refractivity contribution in [3.8, 4) is 0 Å². The van der Waals surface area contributed by atoms with Crippen LogP contribution in [-0.4, -0.2) is 26.9 Å². The normalized spacial score (nSPS) is 11.0. The molecule has 0 atom stereocenters. The van der Waals surface area contributed by atoms with E-state index in [1.165, 1.54) is 36.4 Å². The second-order valence-corrected chi connectivity index (χ2v) is 8.95. The Labute approximate surface area is 195 Å². The number of benzene rings is 3. The molecule has 0 aliphatic heterocycles. The highest BCUT2D eigenvalue weighted by Gasteiger charge is 2.21. The molecule has 0 heterocycles. The second-order valence-electron chi connectivity index (χ2n) is 6.49. The summed E-state index contributed by atoms with van der Waals surface area (Å²) >= 11 is 12.3. The molecule has 3 rings (SSSR count). The Hall–Kier alpha value is -3.07. The van der Waals surface area contributed by atoms with Crippen LogP contribution in [0, 0.1) is 0 Å². The van der Waals surface area contributed by atoms with Crippen LogP contribution >= 0.6 is 23.2 Å². The topological polar surface area (TPSA) is 102 Å². The molecule has 0 bridgehead atoms. The highest BCUT2D eigenvalue weighted by Crippen LogP contribution is 2.27. The molecular weight excluding hydrogens is 475 g/mol. The number of carbonyl (C=O) groups is 2. The first-order valence-electron chi connectivity index (χ1n) is 9.36. The summed E-state index contributed by atoms with van der Waals surface area (Å²) in [7, 11) is -4.04. The van der Waals surface area contributed by atoms with Gasteiger partial charge in [-0.25, -0.2) is 13.2 Å². The van der Waals surface area contributed by atoms with Crippen molar-refractivity contribution < 1.29 is 22.7 Å². The molecule has 10 heteroatoms. The van der Waals surface area contributed by atoms with Crippen molar-refractivity contribution in [3.05, 3.63) is 87.9 Å². The van der Waals surface area contributed by atoms with Crippen molar-refractivity contribution in [1.82, 2.24) is 0 Å². The SMILES string of the molecule is CCOC(=O)c1ccc(NC(=O)c2ccc(Cl)c(S(=O)(=O)Nc3ccccc3)c2)c(Cl)c1. The minimum Gasteiger partial charge on any atom is -0.462 e. The second kappa shape index (κ2) is 10.0. The van der Waals surface area contributed by atoms with E-state index in [9.17, 15) is 18.0 Å². The van der Waals surface area contributed by atoms with Crippen molar-refractivity contribution in [2.24, 2.45) is 0 Å². The zero-order chi connectivity index (χ0) is 23.3. The first-order valence-corrected chi connectivity index (χ1v) is 11.6. The summed E-state index contributed by atoms with van der Waals surface area (Å²) in [6, 6.07) is 16.5. The van der Waals surface area contributed by atoms with E-state index in [1.807, 2.05) is 0 Å². The van der Waals surface area contributed by atoms with Crippen LogP contribution in [0.1, 0.15) is 27.6 Å². The smallest absolute Gasteiger partial charge is 0.338 e. The van der Waals surface area contributed by atoms with Crippen LogP contribution in [0.3, 0.4) is 0 Å². The molecule has 3 aromatic carbocycles. The van der Waals surface area contributed by atoms with Crippen molar-refractivity contribution in [1.29, 1.82) is 0 Å². The van der Waals surface area contributed by atoms with Gasteiger partial charge in [0.1, 0.15) is 4.90 Å². The Kier molecular flexibility index (Phi) is 7.40. The molecule has 0 saturated carbocycles. The predicted molar refractivity (Wildman–Crippen MR) is 124 cm³/mol. The summed E-state index contributed by atoms with van der Waals surface area (Å²) in [6.45, 7) is 1.90. The molecule has 32 heavy (non-hydrogen) atoms. The molecule has 0 aliphatic carbocycles. The number of para-hydroxylation sites is 1. The highest BCUT2D eigenvalue weighted by molar-refractivity contribution is 7.92. The standard InChI is InChI=1S/C22H18Cl2N2O5S/c1-2-31-22(28)15-9-11-19(18(24)12-15)25-21(27)14-8-10-17(23)20(13-14)32(29,30)26-16-6-4-3-5-7-16/h3-13,26H,2H2,1H3,(H,25,27). The van der Waals surface area contributed by atoms with Crippen LogP contribution in [0.5, 0.6) is 0 Å². The third kappa shape index (κ3) is 5.59. The summed E-state index contributed by atoms with van der Waals surface area (Å²) in [6.07, 6.45) is 0. The molecule has 0 radical (unpaired) electrons. The van der Waals surface area contributed by atoms with Crippen molar-refractivity contribution >= 4 is 56.5 Å². The fourth-order valence-electron chi connectivity index (χ4n) is 2.72. The highest BCUT2D eigenvalue weighted by atomic mass is 35.5. The van der Waals surface area contributed by atoms with Crippen molar-refractivity contribution in [2.75, 3.05) is 16.6 Å². The van der Waals surface area contributed by atoms with E-state index in [2.05, 4.69) is 10.0 Å². The van der Waals surface area contributed by atoms with Gasteiger partial charge in [-0.3, -0.25) is 9.52 Å². The summed E-state index contributed by atoms with van der Waals surface area (Å²) in [5, 5.41) is 2.67. The minimum atomic E-state index is -4.04. The lowest BCUT2D eigenvalue weighted by atomic mass is 10.2. The van der Waals surface area contributed by atoms with Crippen LogP contribution in [-0.2, 0) is 14.8 Å². The molecule has 0 fully saturated rings. The average molecular weight is 493 g/mol. The number of carbonyl (C=O) groups excluding carboxylic acids is 2. The van der Waals surface area contributed by atoms with Gasteiger partial charge in [-0.05, 0) is 55.5 Å². The average Bonchev–Trinajstić information content (AvgIpc) is 2.75. The van der Waals surface area contributed by atoms with Gasteiger partial charge in [0, 0.05) is 11.3 Å². The van der Waals surface area contributed by atoms with Gasteiger partial charge in [-0.2, -0.15) is 0 Å². The number of sulfonamides is 1. The number of esters is 1. The molecule has 0 unspecified atom stereocenters. The third-order valence-electron chi connectivity index (χ3n) is 4.24. The van der Waals surface area contributed by atoms with Gasteiger partial charge in [-0.1, -0.05) is 41.4 Å². The van der Waals surface area contributed by atoms with E-state index in [1.54, 1.807) is 37.3 Å². The number of amides is 1. The number of halogens is 2. The molecule has 7 nitrogen and oxygen atoms in total. The molecule has 1 amide bonds. The largest absolute Gasteiger partial charge is 0.462 e. The summed E-state index contributed by atoms with van der Waals surface area (Å²) < 4.78 is 32.9. The number of hydrogen-bond donors (Lipinski definition) is 2. The third-order valence-corrected chi connectivity index (χ3v) is 6.41. The number of rotatable bonds is 7. The fraction of sp³-hybridized carbons (Fsp3) is 0.0909. The van der Waals surface area contributed by atoms with Crippen LogP contribution in [0.2, 0.25) is 10.0 Å². The molecule has 2 N–H and O–H groups in total. The maximum Gasteiger partial charge on any atom is 0.338 e. The minimum absolute atomic E-state index is 0.0400. The predicted octanol–water partition coefficient (Wildman–Crippen LogP) is 5.22. The van der Waals surface area contributed by atoms with Gasteiger partial charge < -0.3 is 10.1 Å². The van der Waals surface area contributed by atoms with Crippen LogP contribution in [0.4, 0.5) is 11.4 Å². The Morgan fingerprint density at radius 1 is 0.906 bits per heavy atom. The van der Waals surface area contributed by atoms with Gasteiger partial charge in [0.15, 0.2) is 0 Å². The van der Waals surface area contributed by atoms with Gasteiger partial charge in [0.25, 0.3) is 15.9 Å². The molecule has 0 spiro atoms. The Bertz CT molecular complexity index is 1260. The van der Waals surface area contributed by atoms with Crippen LogP contribution < -0.4 is 10.0 Å².